The van der Waals surface area contributed by atoms with Gasteiger partial charge in [0.1, 0.15) is 5.75 Å². The summed E-state index contributed by atoms with van der Waals surface area (Å²) in [7, 11) is -1.51. The number of anilines is 1. The number of benzene rings is 1. The fourth-order valence-electron chi connectivity index (χ4n) is 1.06. The van der Waals surface area contributed by atoms with Crippen molar-refractivity contribution in [3.05, 3.63) is 23.8 Å². The molecule has 13 heavy (non-hydrogen) atoms. The Morgan fingerprint density at radius 2 is 1.85 bits per heavy atom. The molecule has 1 rings (SSSR count). The number of hydrogen-bond donors (Lipinski definition) is 1. The summed E-state index contributed by atoms with van der Waals surface area (Å²) >= 11 is 0. The number of rotatable bonds is 2. The summed E-state index contributed by atoms with van der Waals surface area (Å²) in [5, 5.41) is 0. The molecule has 0 heterocycles. The predicted molar refractivity (Wildman–Crippen MR) is 59.6 cm³/mol. The van der Waals surface area contributed by atoms with E-state index >= 15 is 0 Å². The first-order valence-electron chi connectivity index (χ1n) is 4.43. The Hall–Kier alpha value is -0.963. The van der Waals surface area contributed by atoms with E-state index in [4.69, 9.17) is 10.2 Å². The van der Waals surface area contributed by atoms with Crippen LogP contribution in [0, 0.1) is 6.92 Å². The van der Waals surface area contributed by atoms with Crippen LogP contribution in [-0.2, 0) is 0 Å². The standard InChI is InChI=1S/C10H17NOSi/c1-8-5-6-9(11)7-10(8)12-13(2,3)4/h5-7H,11H2,1-4H3. The van der Waals surface area contributed by atoms with Gasteiger partial charge < -0.3 is 10.2 Å². The second kappa shape index (κ2) is 3.42. The third kappa shape index (κ3) is 3.11. The van der Waals surface area contributed by atoms with Crippen LogP contribution in [0.15, 0.2) is 18.2 Å². The second-order valence-electron chi connectivity index (χ2n) is 4.24. The minimum atomic E-state index is -1.51. The highest BCUT2D eigenvalue weighted by Crippen LogP contribution is 2.23. The van der Waals surface area contributed by atoms with E-state index in [9.17, 15) is 0 Å². The van der Waals surface area contributed by atoms with Gasteiger partial charge >= 0.3 is 0 Å². The fraction of sp³-hybridized carbons (Fsp3) is 0.400. The topological polar surface area (TPSA) is 35.2 Å². The van der Waals surface area contributed by atoms with Gasteiger partial charge in [-0.2, -0.15) is 0 Å². The summed E-state index contributed by atoms with van der Waals surface area (Å²) in [4.78, 5) is 0. The Balaban J connectivity index is 2.94. The highest BCUT2D eigenvalue weighted by molar-refractivity contribution is 6.70. The van der Waals surface area contributed by atoms with Crippen LogP contribution >= 0.6 is 0 Å². The minimum Gasteiger partial charge on any atom is -0.544 e. The Morgan fingerprint density at radius 3 is 2.38 bits per heavy atom. The molecule has 0 bridgehead atoms. The average molecular weight is 195 g/mol. The molecule has 1 aromatic rings. The molecule has 0 aliphatic carbocycles. The first-order chi connectivity index (χ1) is 5.88. The maximum atomic E-state index is 5.87. The summed E-state index contributed by atoms with van der Waals surface area (Å²) in [6.45, 7) is 8.52. The number of aryl methyl sites for hydroxylation is 1. The van der Waals surface area contributed by atoms with Gasteiger partial charge in [0.25, 0.3) is 0 Å². The highest BCUT2D eigenvalue weighted by Gasteiger charge is 2.17. The first kappa shape index (κ1) is 10.1. The molecule has 0 fully saturated rings. The molecule has 2 N–H and O–H groups in total. The fourth-order valence-corrected chi connectivity index (χ4v) is 1.94. The quantitative estimate of drug-likeness (QED) is 0.582. The van der Waals surface area contributed by atoms with Gasteiger partial charge in [0.15, 0.2) is 0 Å². The smallest absolute Gasteiger partial charge is 0.242 e. The molecular weight excluding hydrogens is 178 g/mol. The van der Waals surface area contributed by atoms with Crippen molar-refractivity contribution in [3.63, 3.8) is 0 Å². The predicted octanol–water partition coefficient (Wildman–Crippen LogP) is 2.79. The van der Waals surface area contributed by atoms with Gasteiger partial charge in [0.2, 0.25) is 8.32 Å². The second-order valence-corrected chi connectivity index (χ2v) is 8.67. The number of nitrogens with two attached hydrogens (primary N) is 1. The van der Waals surface area contributed by atoms with E-state index in [1.54, 1.807) is 0 Å². The van der Waals surface area contributed by atoms with Gasteiger partial charge in [-0.25, -0.2) is 0 Å². The Labute approximate surface area is 80.8 Å². The molecule has 0 aromatic heterocycles. The van der Waals surface area contributed by atoms with Crippen molar-refractivity contribution in [2.75, 3.05) is 5.73 Å². The van der Waals surface area contributed by atoms with E-state index in [0.29, 0.717) is 0 Å². The lowest BCUT2D eigenvalue weighted by Gasteiger charge is -2.20. The van der Waals surface area contributed by atoms with Crippen molar-refractivity contribution in [1.29, 1.82) is 0 Å². The Bertz CT molecular complexity index is 304. The molecule has 3 heteroatoms. The third-order valence-electron chi connectivity index (χ3n) is 1.63. The molecular formula is C10H17NOSi. The molecule has 0 atom stereocenters. The lowest BCUT2D eigenvalue weighted by molar-refractivity contribution is 0.553. The highest BCUT2D eigenvalue weighted by atomic mass is 28.4. The van der Waals surface area contributed by atoms with Crippen molar-refractivity contribution >= 4 is 14.0 Å². The maximum absolute atomic E-state index is 5.87. The van der Waals surface area contributed by atoms with Crippen LogP contribution in [-0.4, -0.2) is 8.32 Å². The maximum Gasteiger partial charge on any atom is 0.242 e. The molecule has 1 aromatic carbocycles. The zero-order valence-electron chi connectivity index (χ0n) is 8.72. The molecule has 0 amide bonds. The molecule has 72 valence electrons. The lowest BCUT2D eigenvalue weighted by atomic mass is 10.2. The van der Waals surface area contributed by atoms with E-state index in [-0.39, 0.29) is 0 Å². The lowest BCUT2D eigenvalue weighted by Crippen LogP contribution is -2.29. The summed E-state index contributed by atoms with van der Waals surface area (Å²) in [5.41, 5.74) is 7.59. The van der Waals surface area contributed by atoms with E-state index in [2.05, 4.69) is 19.6 Å². The average Bonchev–Trinajstić information content (AvgIpc) is 1.94. The van der Waals surface area contributed by atoms with Crippen molar-refractivity contribution < 1.29 is 4.43 Å². The van der Waals surface area contributed by atoms with E-state index < -0.39 is 8.32 Å². The third-order valence-corrected chi connectivity index (χ3v) is 2.46. The van der Waals surface area contributed by atoms with Crippen LogP contribution in [0.3, 0.4) is 0 Å². The van der Waals surface area contributed by atoms with Gasteiger partial charge in [-0.1, -0.05) is 6.07 Å². The van der Waals surface area contributed by atoms with Crippen LogP contribution in [0.4, 0.5) is 5.69 Å². The SMILES string of the molecule is Cc1ccc(N)cc1O[Si](C)(C)C. The van der Waals surface area contributed by atoms with Crippen LogP contribution in [0.2, 0.25) is 19.6 Å². The normalized spacial score (nSPS) is 11.4. The largest absolute Gasteiger partial charge is 0.544 e. The van der Waals surface area contributed by atoms with Crippen LogP contribution in [0.1, 0.15) is 5.56 Å². The van der Waals surface area contributed by atoms with E-state index in [0.717, 1.165) is 17.0 Å². The van der Waals surface area contributed by atoms with Crippen LogP contribution in [0.5, 0.6) is 5.75 Å². The van der Waals surface area contributed by atoms with Crippen molar-refractivity contribution in [2.45, 2.75) is 26.6 Å². The molecule has 0 aliphatic rings. The van der Waals surface area contributed by atoms with Gasteiger partial charge in [-0.3, -0.25) is 0 Å². The van der Waals surface area contributed by atoms with Gasteiger partial charge in [0.05, 0.1) is 0 Å². The molecule has 2 nitrogen and oxygen atoms in total. The summed E-state index contributed by atoms with van der Waals surface area (Å²) in [6.07, 6.45) is 0. The van der Waals surface area contributed by atoms with Crippen molar-refractivity contribution in [3.8, 4) is 5.75 Å². The number of hydrogen-bond acceptors (Lipinski definition) is 2. The number of nitrogen functional groups attached to an aromatic ring is 1. The van der Waals surface area contributed by atoms with Crippen molar-refractivity contribution in [1.82, 2.24) is 0 Å². The molecule has 0 saturated carbocycles. The summed E-state index contributed by atoms with van der Waals surface area (Å²) in [5.74, 6) is 0.930. The Morgan fingerprint density at radius 1 is 1.23 bits per heavy atom. The molecule has 0 radical (unpaired) electrons. The molecule has 0 spiro atoms. The molecule has 0 aliphatic heterocycles. The van der Waals surface area contributed by atoms with Gasteiger partial charge in [-0.05, 0) is 38.2 Å². The first-order valence-corrected chi connectivity index (χ1v) is 7.84. The Kier molecular flexibility index (Phi) is 2.66. The van der Waals surface area contributed by atoms with Crippen molar-refractivity contribution in [2.24, 2.45) is 0 Å². The van der Waals surface area contributed by atoms with Crippen LogP contribution in [0.25, 0.3) is 0 Å². The van der Waals surface area contributed by atoms with E-state index in [1.807, 2.05) is 25.1 Å². The summed E-state index contributed by atoms with van der Waals surface area (Å²) in [6, 6.07) is 5.78. The van der Waals surface area contributed by atoms with Gasteiger partial charge in [-0.15, -0.1) is 0 Å². The summed E-state index contributed by atoms with van der Waals surface area (Å²) < 4.78 is 5.87. The van der Waals surface area contributed by atoms with Crippen LogP contribution < -0.4 is 10.2 Å². The zero-order chi connectivity index (χ0) is 10.1. The van der Waals surface area contributed by atoms with Gasteiger partial charge in [0, 0.05) is 11.8 Å². The molecule has 0 unspecified atom stereocenters. The molecule has 0 saturated heterocycles. The van der Waals surface area contributed by atoms with E-state index in [1.165, 1.54) is 0 Å². The zero-order valence-corrected chi connectivity index (χ0v) is 9.72. The monoisotopic (exact) mass is 195 g/mol. The minimum absolute atomic E-state index is 0.763.